The predicted octanol–water partition coefficient (Wildman–Crippen LogP) is 16.0. The van der Waals surface area contributed by atoms with Crippen molar-refractivity contribution in [3.05, 3.63) is 224 Å². The van der Waals surface area contributed by atoms with Crippen LogP contribution in [-0.2, 0) is 0 Å². The number of anilines is 3. The molecule has 0 aliphatic heterocycles. The van der Waals surface area contributed by atoms with Crippen LogP contribution in [0.15, 0.2) is 229 Å². The fraction of sp³-hybridized carbons (Fsp3) is 0. The summed E-state index contributed by atoms with van der Waals surface area (Å²) in [5.41, 5.74) is 9.66. The zero-order valence-corrected chi connectivity index (χ0v) is 31.4. The van der Waals surface area contributed by atoms with Crippen molar-refractivity contribution in [1.82, 2.24) is 0 Å². The predicted molar refractivity (Wildman–Crippen MR) is 245 cm³/mol. The largest absolute Gasteiger partial charge is 0.455 e. The maximum Gasteiger partial charge on any atom is 0.143 e. The molecule has 0 radical (unpaired) electrons. The van der Waals surface area contributed by atoms with Crippen molar-refractivity contribution in [3.8, 4) is 44.5 Å². The van der Waals surface area contributed by atoms with E-state index >= 15 is 0 Å². The molecule has 0 fully saturated rings. The zero-order valence-electron chi connectivity index (χ0n) is 35.4. The highest BCUT2D eigenvalue weighted by Crippen LogP contribution is 2.46. The number of hydrogen-bond acceptors (Lipinski definition) is 2. The minimum Gasteiger partial charge on any atom is -0.455 e. The smallest absolute Gasteiger partial charge is 0.143 e. The number of hydrogen-bond donors (Lipinski definition) is 0. The van der Waals surface area contributed by atoms with Crippen LogP contribution in [0.25, 0.3) is 88.0 Å². The monoisotopic (exact) mass is 743 g/mol. The lowest BCUT2D eigenvalue weighted by atomic mass is 9.95. The van der Waals surface area contributed by atoms with Gasteiger partial charge in [0.25, 0.3) is 0 Å². The van der Waals surface area contributed by atoms with Crippen LogP contribution in [0.5, 0.6) is 0 Å². The lowest BCUT2D eigenvalue weighted by molar-refractivity contribution is 0.673. The summed E-state index contributed by atoms with van der Waals surface area (Å²) >= 11 is 0. The molecule has 0 atom stereocenters. The molecule has 0 unspecified atom stereocenters. The van der Waals surface area contributed by atoms with E-state index < -0.39 is 0 Å². The van der Waals surface area contributed by atoms with Gasteiger partial charge in [0.2, 0.25) is 0 Å². The van der Waals surface area contributed by atoms with E-state index in [-0.39, 0.29) is 35.4 Å². The van der Waals surface area contributed by atoms with Gasteiger partial charge in [-0.15, -0.1) is 0 Å². The molecule has 272 valence electrons. The molecule has 10 aromatic carbocycles. The summed E-state index contributed by atoms with van der Waals surface area (Å²) in [5, 5.41) is 6.34. The number of furan rings is 1. The molecular weight excluding hydrogens is 703 g/mol. The van der Waals surface area contributed by atoms with E-state index in [2.05, 4.69) is 78.9 Å². The third kappa shape index (κ3) is 5.91. The van der Waals surface area contributed by atoms with E-state index in [0.29, 0.717) is 16.9 Å². The summed E-state index contributed by atoms with van der Waals surface area (Å²) in [5.74, 6) is 0. The zero-order chi connectivity index (χ0) is 41.9. The second kappa shape index (κ2) is 14.1. The van der Waals surface area contributed by atoms with Crippen LogP contribution in [-0.4, -0.2) is 0 Å². The summed E-state index contributed by atoms with van der Waals surface area (Å²) in [6.45, 7) is 0. The molecule has 2 nitrogen and oxygen atoms in total. The molecule has 58 heavy (non-hydrogen) atoms. The first-order chi connectivity index (χ1) is 30.4. The standard InChI is InChI=1S/C56H37NO/c1-2-13-38(14-3-1)43-18-10-19-44(35-43)40-29-32-47(33-30-40)57(48-21-11-20-45(37-48)46-28-27-39-15-4-5-17-42(39)36-46)53-25-9-8-23-50(53)51-24-12-26-54-55(51)52-34-31-41-16-6-7-22-49(41)56(52)58-54/h1-37H/i29D,30D,32D,33D. The van der Waals surface area contributed by atoms with Gasteiger partial charge >= 0.3 is 0 Å². The van der Waals surface area contributed by atoms with Crippen molar-refractivity contribution in [2.45, 2.75) is 0 Å². The van der Waals surface area contributed by atoms with Crippen LogP contribution in [0.4, 0.5) is 17.1 Å². The SMILES string of the molecule is [2H]c1c([2H])c(N(c2cccc(-c3ccc4ccccc4c3)c2)c2ccccc2-c2cccc3oc4c5ccccc5ccc4c23)c([2H])c([2H])c1-c1cccc(-c2ccccc2)c1. The van der Waals surface area contributed by atoms with Crippen molar-refractivity contribution in [2.75, 3.05) is 4.90 Å². The van der Waals surface area contributed by atoms with E-state index in [1.54, 1.807) is 0 Å². The van der Waals surface area contributed by atoms with Crippen LogP contribution >= 0.6 is 0 Å². The fourth-order valence-corrected chi connectivity index (χ4v) is 8.30. The van der Waals surface area contributed by atoms with Gasteiger partial charge in [0, 0.05) is 33.1 Å². The van der Waals surface area contributed by atoms with Crippen LogP contribution < -0.4 is 4.90 Å². The third-order valence-corrected chi connectivity index (χ3v) is 11.1. The molecule has 11 rings (SSSR count). The van der Waals surface area contributed by atoms with Crippen LogP contribution in [0.1, 0.15) is 5.48 Å². The molecular formula is C56H37NO. The summed E-state index contributed by atoms with van der Waals surface area (Å²) in [6.07, 6.45) is 0. The van der Waals surface area contributed by atoms with E-state index in [4.69, 9.17) is 4.42 Å². The van der Waals surface area contributed by atoms with Crippen LogP contribution in [0.2, 0.25) is 0 Å². The Morgan fingerprint density at radius 1 is 0.362 bits per heavy atom. The van der Waals surface area contributed by atoms with Crippen LogP contribution in [0.3, 0.4) is 0 Å². The number of fused-ring (bicyclic) bond motifs is 6. The van der Waals surface area contributed by atoms with Crippen molar-refractivity contribution >= 4 is 60.5 Å². The number of para-hydroxylation sites is 1. The Kier molecular flexibility index (Phi) is 7.20. The van der Waals surface area contributed by atoms with Crippen molar-refractivity contribution in [3.63, 3.8) is 0 Å². The first-order valence-electron chi connectivity index (χ1n) is 21.5. The number of nitrogens with zero attached hydrogens (tertiary/aromatic N) is 1. The van der Waals surface area contributed by atoms with Gasteiger partial charge in [-0.25, -0.2) is 0 Å². The quantitative estimate of drug-likeness (QED) is 0.162. The molecule has 0 aliphatic carbocycles. The Morgan fingerprint density at radius 2 is 0.983 bits per heavy atom. The Balaban J connectivity index is 1.15. The van der Waals surface area contributed by atoms with Gasteiger partial charge in [-0.3, -0.25) is 0 Å². The average Bonchev–Trinajstić information content (AvgIpc) is 3.72. The molecule has 0 saturated carbocycles. The van der Waals surface area contributed by atoms with Crippen molar-refractivity contribution in [2.24, 2.45) is 0 Å². The Morgan fingerprint density at radius 3 is 1.84 bits per heavy atom. The van der Waals surface area contributed by atoms with Gasteiger partial charge in [-0.05, 0) is 110 Å². The molecule has 0 N–H and O–H groups in total. The number of rotatable bonds is 7. The minimum atomic E-state index is -0.143. The summed E-state index contributed by atoms with van der Waals surface area (Å²) in [6, 6.07) is 66.5. The Hall–Kier alpha value is -7.68. The highest BCUT2D eigenvalue weighted by atomic mass is 16.3. The Labute approximate surface area is 343 Å². The first-order valence-corrected chi connectivity index (χ1v) is 19.5. The summed E-state index contributed by atoms with van der Waals surface area (Å²) in [7, 11) is 0. The second-order valence-electron chi connectivity index (χ2n) is 14.6. The molecule has 11 aromatic rings. The highest BCUT2D eigenvalue weighted by Gasteiger charge is 2.21. The molecule has 0 bridgehead atoms. The third-order valence-electron chi connectivity index (χ3n) is 11.1. The maximum atomic E-state index is 9.80. The van der Waals surface area contributed by atoms with E-state index in [1.165, 1.54) is 0 Å². The molecule has 1 aromatic heterocycles. The Bertz CT molecular complexity index is 3510. The first kappa shape index (κ1) is 29.6. The van der Waals surface area contributed by atoms with E-state index in [1.807, 2.05) is 126 Å². The molecule has 0 saturated heterocycles. The highest BCUT2D eigenvalue weighted by molar-refractivity contribution is 6.19. The van der Waals surface area contributed by atoms with Crippen molar-refractivity contribution in [1.29, 1.82) is 0 Å². The lowest BCUT2D eigenvalue weighted by Crippen LogP contribution is -2.11. The van der Waals surface area contributed by atoms with Gasteiger partial charge in [-0.2, -0.15) is 0 Å². The van der Waals surface area contributed by atoms with Crippen molar-refractivity contribution < 1.29 is 9.90 Å². The molecule has 0 spiro atoms. The average molecular weight is 744 g/mol. The molecule has 0 amide bonds. The van der Waals surface area contributed by atoms with Gasteiger partial charge in [0.15, 0.2) is 0 Å². The lowest BCUT2D eigenvalue weighted by Gasteiger charge is -2.28. The molecule has 0 aliphatic rings. The van der Waals surface area contributed by atoms with Gasteiger partial charge < -0.3 is 9.32 Å². The second-order valence-corrected chi connectivity index (χ2v) is 14.6. The maximum absolute atomic E-state index is 9.80. The fourth-order valence-electron chi connectivity index (χ4n) is 8.30. The van der Waals surface area contributed by atoms with Gasteiger partial charge in [0.1, 0.15) is 11.2 Å². The normalized spacial score (nSPS) is 12.4. The number of benzene rings is 10. The minimum absolute atomic E-state index is 0.116. The summed E-state index contributed by atoms with van der Waals surface area (Å²) < 4.78 is 45.4. The molecule has 1 heterocycles. The van der Waals surface area contributed by atoms with E-state index in [0.717, 1.165) is 76.9 Å². The summed E-state index contributed by atoms with van der Waals surface area (Å²) in [4.78, 5) is 1.90. The van der Waals surface area contributed by atoms with Crippen LogP contribution in [0, 0.1) is 0 Å². The van der Waals surface area contributed by atoms with Gasteiger partial charge in [-0.1, -0.05) is 170 Å². The van der Waals surface area contributed by atoms with E-state index in [9.17, 15) is 5.48 Å². The van der Waals surface area contributed by atoms with Gasteiger partial charge in [0.05, 0.1) is 11.2 Å². The molecule has 2 heteroatoms. The topological polar surface area (TPSA) is 16.4 Å².